The molecule has 2 N–H and O–H groups in total. The molecule has 4 rings (SSSR count). The van der Waals surface area contributed by atoms with Gasteiger partial charge >= 0.3 is 6.09 Å². The summed E-state index contributed by atoms with van der Waals surface area (Å²) in [5, 5.41) is 13.8. The van der Waals surface area contributed by atoms with Gasteiger partial charge in [0.2, 0.25) is 11.7 Å². The lowest BCUT2D eigenvalue weighted by Gasteiger charge is -2.31. The van der Waals surface area contributed by atoms with E-state index in [9.17, 15) is 14.9 Å². The van der Waals surface area contributed by atoms with E-state index in [2.05, 4.69) is 30.1 Å². The van der Waals surface area contributed by atoms with Gasteiger partial charge in [-0.2, -0.15) is 10.2 Å². The second kappa shape index (κ2) is 12.9. The fourth-order valence-electron chi connectivity index (χ4n) is 5.31. The van der Waals surface area contributed by atoms with Crippen LogP contribution in [0.15, 0.2) is 34.9 Å². The van der Waals surface area contributed by atoms with E-state index in [4.69, 9.17) is 19.7 Å². The maximum absolute atomic E-state index is 13.2. The molecule has 1 atom stereocenters. The van der Waals surface area contributed by atoms with Gasteiger partial charge in [0, 0.05) is 36.6 Å². The van der Waals surface area contributed by atoms with Gasteiger partial charge in [-0.25, -0.2) is 4.79 Å². The normalized spacial score (nSPS) is 13.6. The van der Waals surface area contributed by atoms with E-state index in [0.717, 1.165) is 23.1 Å². The number of nitrogens with two attached hydrogens (primary N) is 1. The van der Waals surface area contributed by atoms with Crippen molar-refractivity contribution in [2.75, 3.05) is 13.2 Å². The van der Waals surface area contributed by atoms with Gasteiger partial charge < -0.3 is 24.6 Å². The molecule has 0 saturated heterocycles. The van der Waals surface area contributed by atoms with E-state index < -0.39 is 6.09 Å². The quantitative estimate of drug-likeness (QED) is 0.347. The predicted molar refractivity (Wildman–Crippen MR) is 153 cm³/mol. The predicted octanol–water partition coefficient (Wildman–Crippen LogP) is 5.40. The van der Waals surface area contributed by atoms with Crippen molar-refractivity contribution >= 4 is 12.0 Å². The van der Waals surface area contributed by atoms with E-state index >= 15 is 0 Å². The summed E-state index contributed by atoms with van der Waals surface area (Å²) in [6.45, 7) is 11.3. The average molecular weight is 560 g/mol. The van der Waals surface area contributed by atoms with Crippen molar-refractivity contribution in [3.05, 3.63) is 52.6 Å². The van der Waals surface area contributed by atoms with Crippen LogP contribution in [0.2, 0.25) is 0 Å². The molecule has 2 amide bonds. The number of hydrogen-bond donors (Lipinski definition) is 1. The molecule has 10 nitrogen and oxygen atoms in total. The topological polar surface area (TPSA) is 145 Å². The standard InChI is InChI=1S/C31H37N5O5/c1-18(2)12-21(17-39-31(33)38)13-28(37)36-11-10-25-20(5)26(8-6-23(25)16-36)29-34-30(41-35-29)22-7-9-27(40-19(3)4)24(14-22)15-32/h6-9,14,18-19,21H,10-13,16-17H2,1-5H3,(H2,33,38). The minimum Gasteiger partial charge on any atom is -0.490 e. The summed E-state index contributed by atoms with van der Waals surface area (Å²) >= 11 is 0. The maximum Gasteiger partial charge on any atom is 0.404 e. The first-order chi connectivity index (χ1) is 19.5. The number of carbonyl (C=O) groups is 2. The molecule has 41 heavy (non-hydrogen) atoms. The van der Waals surface area contributed by atoms with Crippen LogP contribution in [0.1, 0.15) is 62.8 Å². The Morgan fingerprint density at radius 3 is 2.66 bits per heavy atom. The molecule has 0 aliphatic carbocycles. The largest absolute Gasteiger partial charge is 0.490 e. The molecule has 3 aromatic rings. The lowest BCUT2D eigenvalue weighted by Crippen LogP contribution is -2.38. The Kier molecular flexibility index (Phi) is 9.28. The minimum absolute atomic E-state index is 0.0421. The van der Waals surface area contributed by atoms with Crippen molar-refractivity contribution in [1.29, 1.82) is 5.26 Å². The molecular formula is C31H37N5O5. The van der Waals surface area contributed by atoms with E-state index in [1.807, 2.05) is 37.8 Å². The van der Waals surface area contributed by atoms with Crippen LogP contribution in [0.3, 0.4) is 0 Å². The zero-order valence-electron chi connectivity index (χ0n) is 24.3. The number of hydrogen-bond acceptors (Lipinski definition) is 8. The Labute approximate surface area is 240 Å². The summed E-state index contributed by atoms with van der Waals surface area (Å²) in [5.41, 5.74) is 10.3. The summed E-state index contributed by atoms with van der Waals surface area (Å²) < 4.78 is 16.3. The number of carbonyl (C=O) groups excluding carboxylic acids is 2. The van der Waals surface area contributed by atoms with Gasteiger partial charge in [-0.05, 0) is 74.4 Å². The fraction of sp³-hybridized carbons (Fsp3) is 0.452. The molecule has 1 aromatic heterocycles. The monoisotopic (exact) mass is 559 g/mol. The molecule has 0 radical (unpaired) electrons. The smallest absolute Gasteiger partial charge is 0.404 e. The minimum atomic E-state index is -0.820. The number of primary amides is 1. The second-order valence-electron chi connectivity index (χ2n) is 11.2. The summed E-state index contributed by atoms with van der Waals surface area (Å²) in [4.78, 5) is 30.7. The number of fused-ring (bicyclic) bond motifs is 1. The number of rotatable bonds is 10. The maximum atomic E-state index is 13.2. The Bertz CT molecular complexity index is 1460. The van der Waals surface area contributed by atoms with E-state index in [1.165, 1.54) is 5.56 Å². The van der Waals surface area contributed by atoms with Gasteiger partial charge in [-0.15, -0.1) is 0 Å². The molecule has 2 aromatic carbocycles. The highest BCUT2D eigenvalue weighted by atomic mass is 16.5. The van der Waals surface area contributed by atoms with Crippen LogP contribution in [-0.4, -0.2) is 46.3 Å². The van der Waals surface area contributed by atoms with Gasteiger partial charge in [-0.3, -0.25) is 4.79 Å². The summed E-state index contributed by atoms with van der Waals surface area (Å²) in [6.07, 6.45) is 0.915. The van der Waals surface area contributed by atoms with Crippen LogP contribution in [0.25, 0.3) is 22.8 Å². The number of nitrogens with zero attached hydrogens (tertiary/aromatic N) is 4. The fourth-order valence-corrected chi connectivity index (χ4v) is 5.31. The Morgan fingerprint density at radius 1 is 1.20 bits per heavy atom. The van der Waals surface area contributed by atoms with Crippen LogP contribution in [-0.2, 0) is 22.5 Å². The number of aromatic nitrogens is 2. The third-order valence-electron chi connectivity index (χ3n) is 7.15. The van der Waals surface area contributed by atoms with Gasteiger partial charge in [0.15, 0.2) is 0 Å². The van der Waals surface area contributed by atoms with Crippen molar-refractivity contribution in [1.82, 2.24) is 15.0 Å². The highest BCUT2D eigenvalue weighted by Gasteiger charge is 2.27. The SMILES string of the molecule is Cc1c(-c2noc(-c3ccc(OC(C)C)c(C#N)c3)n2)ccc2c1CCN(C(=O)CC(COC(N)=O)CC(C)C)C2. The van der Waals surface area contributed by atoms with Crippen LogP contribution < -0.4 is 10.5 Å². The van der Waals surface area contributed by atoms with Crippen molar-refractivity contribution in [3.63, 3.8) is 0 Å². The number of benzene rings is 2. The van der Waals surface area contributed by atoms with E-state index in [1.54, 1.807) is 18.2 Å². The highest BCUT2D eigenvalue weighted by molar-refractivity contribution is 5.77. The lowest BCUT2D eigenvalue weighted by atomic mass is 9.90. The first kappa shape index (κ1) is 29.6. The molecule has 0 bridgehead atoms. The summed E-state index contributed by atoms with van der Waals surface area (Å²) in [6, 6.07) is 11.4. The van der Waals surface area contributed by atoms with Crippen LogP contribution in [0.5, 0.6) is 5.75 Å². The van der Waals surface area contributed by atoms with Crippen molar-refractivity contribution in [2.45, 2.75) is 66.5 Å². The summed E-state index contributed by atoms with van der Waals surface area (Å²) in [7, 11) is 0. The molecule has 1 aliphatic rings. The van der Waals surface area contributed by atoms with Gasteiger partial charge in [0.05, 0.1) is 18.3 Å². The van der Waals surface area contributed by atoms with Gasteiger partial charge in [0.25, 0.3) is 5.89 Å². The molecule has 1 unspecified atom stereocenters. The molecule has 10 heteroatoms. The third kappa shape index (κ3) is 7.23. The molecule has 0 fully saturated rings. The van der Waals surface area contributed by atoms with Gasteiger partial charge in [0.1, 0.15) is 11.8 Å². The molecular weight excluding hydrogens is 522 g/mol. The Hall–Kier alpha value is -4.39. The second-order valence-corrected chi connectivity index (χ2v) is 11.2. The third-order valence-corrected chi connectivity index (χ3v) is 7.15. The van der Waals surface area contributed by atoms with Gasteiger partial charge in [-0.1, -0.05) is 31.1 Å². The molecule has 0 saturated carbocycles. The zero-order valence-corrected chi connectivity index (χ0v) is 24.3. The Morgan fingerprint density at radius 2 is 1.98 bits per heavy atom. The number of nitriles is 1. The molecule has 1 aliphatic heterocycles. The highest BCUT2D eigenvalue weighted by Crippen LogP contribution is 2.32. The van der Waals surface area contributed by atoms with Crippen molar-refractivity contribution in [3.8, 4) is 34.7 Å². The molecule has 216 valence electrons. The van der Waals surface area contributed by atoms with Crippen molar-refractivity contribution < 1.29 is 23.6 Å². The van der Waals surface area contributed by atoms with Crippen LogP contribution in [0, 0.1) is 30.1 Å². The number of amides is 2. The zero-order chi connectivity index (χ0) is 29.7. The first-order valence-electron chi connectivity index (χ1n) is 13.9. The van der Waals surface area contributed by atoms with Crippen LogP contribution >= 0.6 is 0 Å². The number of ether oxygens (including phenoxy) is 2. The van der Waals surface area contributed by atoms with E-state index in [-0.39, 0.29) is 24.5 Å². The Balaban J connectivity index is 1.49. The lowest BCUT2D eigenvalue weighted by molar-refractivity contribution is -0.133. The molecule has 0 spiro atoms. The van der Waals surface area contributed by atoms with Crippen molar-refractivity contribution in [2.24, 2.45) is 17.6 Å². The first-order valence-corrected chi connectivity index (χ1v) is 13.9. The average Bonchev–Trinajstić information content (AvgIpc) is 3.41. The summed E-state index contributed by atoms with van der Waals surface area (Å²) in [5.74, 6) is 1.63. The van der Waals surface area contributed by atoms with Crippen LogP contribution in [0.4, 0.5) is 4.79 Å². The molecule has 2 heterocycles. The van der Waals surface area contributed by atoms with E-state index in [0.29, 0.717) is 60.4 Å².